The fourth-order valence-corrected chi connectivity index (χ4v) is 3.21. The lowest BCUT2D eigenvalue weighted by Crippen LogP contribution is -2.36. The third-order valence-electron chi connectivity index (χ3n) is 4.39. The fraction of sp³-hybridized carbons (Fsp3) is 0.632. The maximum atomic E-state index is 12.2. The molecule has 0 aliphatic heterocycles. The number of nitrogens with zero attached hydrogens (tertiary/aromatic N) is 1. The molecule has 0 unspecified atom stereocenters. The first kappa shape index (κ1) is 18.0. The number of benzene rings is 1. The number of nitrogens with one attached hydrogen (secondary N) is 2. The Morgan fingerprint density at radius 2 is 1.87 bits per heavy atom. The van der Waals surface area contributed by atoms with Gasteiger partial charge in [0.2, 0.25) is 0 Å². The highest BCUT2D eigenvalue weighted by Crippen LogP contribution is 2.16. The summed E-state index contributed by atoms with van der Waals surface area (Å²) in [6.45, 7) is 2.39. The highest BCUT2D eigenvalue weighted by Gasteiger charge is 2.11. The van der Waals surface area contributed by atoms with Gasteiger partial charge in [0, 0.05) is 31.2 Å². The van der Waals surface area contributed by atoms with Crippen LogP contribution < -0.4 is 10.6 Å². The Morgan fingerprint density at radius 3 is 2.57 bits per heavy atom. The van der Waals surface area contributed by atoms with E-state index in [1.165, 1.54) is 44.1 Å². The van der Waals surface area contributed by atoms with Gasteiger partial charge in [-0.1, -0.05) is 37.8 Å². The van der Waals surface area contributed by atoms with Gasteiger partial charge in [-0.15, -0.1) is 0 Å². The summed E-state index contributed by atoms with van der Waals surface area (Å²) in [6.07, 6.45) is 7.98. The summed E-state index contributed by atoms with van der Waals surface area (Å²) in [6, 6.07) is 8.52. The summed E-state index contributed by atoms with van der Waals surface area (Å²) in [5.74, 6) is 0.0215. The summed E-state index contributed by atoms with van der Waals surface area (Å²) < 4.78 is 0. The lowest BCUT2D eigenvalue weighted by Gasteiger charge is -2.16. The molecule has 4 heteroatoms. The standard InChI is InChI=1S/C19H31N3O/c1-22(2)15-16-8-7-9-17(14-16)19(23)21-13-12-20-18-10-5-3-4-6-11-18/h7-9,14,18,20H,3-6,10-13,15H2,1-2H3,(H,21,23). The molecule has 128 valence electrons. The molecule has 1 saturated carbocycles. The second-order valence-corrected chi connectivity index (χ2v) is 6.84. The zero-order valence-electron chi connectivity index (χ0n) is 14.6. The van der Waals surface area contributed by atoms with Crippen molar-refractivity contribution in [3.63, 3.8) is 0 Å². The van der Waals surface area contributed by atoms with Gasteiger partial charge in [-0.2, -0.15) is 0 Å². The molecule has 4 nitrogen and oxygen atoms in total. The normalized spacial score (nSPS) is 16.3. The van der Waals surface area contributed by atoms with Gasteiger partial charge in [0.05, 0.1) is 0 Å². The monoisotopic (exact) mass is 317 g/mol. The number of carbonyl (C=O) groups excluding carboxylic acids is 1. The number of rotatable bonds is 7. The molecule has 23 heavy (non-hydrogen) atoms. The number of hydrogen-bond donors (Lipinski definition) is 2. The molecule has 1 aromatic rings. The van der Waals surface area contributed by atoms with Crippen LogP contribution in [0.4, 0.5) is 0 Å². The van der Waals surface area contributed by atoms with Crippen molar-refractivity contribution in [2.45, 2.75) is 51.1 Å². The van der Waals surface area contributed by atoms with E-state index in [0.717, 1.165) is 18.7 Å². The molecule has 1 aliphatic rings. The van der Waals surface area contributed by atoms with E-state index in [2.05, 4.69) is 21.6 Å². The van der Waals surface area contributed by atoms with Crippen LogP contribution >= 0.6 is 0 Å². The molecule has 0 spiro atoms. The van der Waals surface area contributed by atoms with E-state index in [-0.39, 0.29) is 5.91 Å². The first-order valence-electron chi connectivity index (χ1n) is 8.90. The van der Waals surface area contributed by atoms with Crippen molar-refractivity contribution in [1.29, 1.82) is 0 Å². The predicted molar refractivity (Wildman–Crippen MR) is 95.7 cm³/mol. The van der Waals surface area contributed by atoms with Crippen LogP contribution in [0.3, 0.4) is 0 Å². The Balaban J connectivity index is 1.71. The summed E-state index contributed by atoms with van der Waals surface area (Å²) in [5.41, 5.74) is 1.91. The minimum Gasteiger partial charge on any atom is -0.351 e. The van der Waals surface area contributed by atoms with Gasteiger partial charge >= 0.3 is 0 Å². The molecule has 1 aromatic carbocycles. The van der Waals surface area contributed by atoms with Crippen LogP contribution in [-0.2, 0) is 6.54 Å². The first-order chi connectivity index (χ1) is 11.1. The number of amides is 1. The smallest absolute Gasteiger partial charge is 0.251 e. The number of carbonyl (C=O) groups is 1. The molecule has 2 N–H and O–H groups in total. The molecule has 0 heterocycles. The van der Waals surface area contributed by atoms with Gasteiger partial charge in [-0.3, -0.25) is 4.79 Å². The average Bonchev–Trinajstić information content (AvgIpc) is 2.79. The van der Waals surface area contributed by atoms with Gasteiger partial charge in [-0.25, -0.2) is 0 Å². The highest BCUT2D eigenvalue weighted by atomic mass is 16.1. The van der Waals surface area contributed by atoms with Crippen LogP contribution in [0, 0.1) is 0 Å². The van der Waals surface area contributed by atoms with Gasteiger partial charge in [0.15, 0.2) is 0 Å². The summed E-state index contributed by atoms with van der Waals surface area (Å²) in [5, 5.41) is 6.60. The second kappa shape index (κ2) is 9.68. The van der Waals surface area contributed by atoms with Crippen LogP contribution in [0.5, 0.6) is 0 Å². The Bertz CT molecular complexity index is 479. The predicted octanol–water partition coefficient (Wildman–Crippen LogP) is 2.79. The van der Waals surface area contributed by atoms with E-state index in [4.69, 9.17) is 0 Å². The molecule has 2 rings (SSSR count). The molecular formula is C19H31N3O. The van der Waals surface area contributed by atoms with Crippen LogP contribution in [0.2, 0.25) is 0 Å². The van der Waals surface area contributed by atoms with Crippen molar-refractivity contribution >= 4 is 5.91 Å². The zero-order valence-corrected chi connectivity index (χ0v) is 14.6. The van der Waals surface area contributed by atoms with Gasteiger partial charge < -0.3 is 15.5 Å². The molecule has 0 saturated heterocycles. The van der Waals surface area contributed by atoms with Crippen molar-refractivity contribution < 1.29 is 4.79 Å². The van der Waals surface area contributed by atoms with Gasteiger partial charge in [-0.05, 0) is 44.6 Å². The lowest BCUT2D eigenvalue weighted by molar-refractivity contribution is 0.0953. The molecule has 1 fully saturated rings. The largest absolute Gasteiger partial charge is 0.351 e. The third-order valence-corrected chi connectivity index (χ3v) is 4.39. The molecule has 0 atom stereocenters. The molecule has 1 aliphatic carbocycles. The van der Waals surface area contributed by atoms with E-state index in [1.807, 2.05) is 32.3 Å². The summed E-state index contributed by atoms with van der Waals surface area (Å²) in [7, 11) is 4.07. The topological polar surface area (TPSA) is 44.4 Å². The van der Waals surface area contributed by atoms with Crippen molar-refractivity contribution in [1.82, 2.24) is 15.5 Å². The molecule has 1 amide bonds. The summed E-state index contributed by atoms with van der Waals surface area (Å²) >= 11 is 0. The van der Waals surface area contributed by atoms with Crippen molar-refractivity contribution in [3.05, 3.63) is 35.4 Å². The maximum Gasteiger partial charge on any atom is 0.251 e. The van der Waals surface area contributed by atoms with E-state index in [1.54, 1.807) is 0 Å². The van der Waals surface area contributed by atoms with E-state index in [9.17, 15) is 4.79 Å². The molecular weight excluding hydrogens is 286 g/mol. The quantitative estimate of drug-likeness (QED) is 0.600. The Morgan fingerprint density at radius 1 is 1.13 bits per heavy atom. The Kier molecular flexibility index (Phi) is 7.56. The Hall–Kier alpha value is -1.39. The minimum atomic E-state index is 0.0215. The van der Waals surface area contributed by atoms with Crippen LogP contribution in [0.25, 0.3) is 0 Å². The van der Waals surface area contributed by atoms with Crippen LogP contribution in [-0.4, -0.2) is 44.0 Å². The van der Waals surface area contributed by atoms with Crippen LogP contribution in [0.15, 0.2) is 24.3 Å². The van der Waals surface area contributed by atoms with E-state index < -0.39 is 0 Å². The van der Waals surface area contributed by atoms with Crippen LogP contribution in [0.1, 0.15) is 54.4 Å². The van der Waals surface area contributed by atoms with Gasteiger partial charge in [0.25, 0.3) is 5.91 Å². The van der Waals surface area contributed by atoms with E-state index in [0.29, 0.717) is 12.6 Å². The minimum absolute atomic E-state index is 0.0215. The molecule has 0 radical (unpaired) electrons. The summed E-state index contributed by atoms with van der Waals surface area (Å²) in [4.78, 5) is 14.3. The van der Waals surface area contributed by atoms with Crippen molar-refractivity contribution in [2.24, 2.45) is 0 Å². The second-order valence-electron chi connectivity index (χ2n) is 6.84. The Labute approximate surface area is 140 Å². The fourth-order valence-electron chi connectivity index (χ4n) is 3.21. The van der Waals surface area contributed by atoms with E-state index >= 15 is 0 Å². The first-order valence-corrected chi connectivity index (χ1v) is 8.90. The SMILES string of the molecule is CN(C)Cc1cccc(C(=O)NCCNC2CCCCCC2)c1. The molecule has 0 aromatic heterocycles. The lowest BCUT2D eigenvalue weighted by atomic mass is 10.1. The maximum absolute atomic E-state index is 12.2. The van der Waals surface area contributed by atoms with Crippen molar-refractivity contribution in [3.8, 4) is 0 Å². The third kappa shape index (κ3) is 6.71. The van der Waals surface area contributed by atoms with Crippen molar-refractivity contribution in [2.75, 3.05) is 27.2 Å². The average molecular weight is 317 g/mol. The highest BCUT2D eigenvalue weighted by molar-refractivity contribution is 5.94. The number of hydrogen-bond acceptors (Lipinski definition) is 3. The zero-order chi connectivity index (χ0) is 16.5. The van der Waals surface area contributed by atoms with Gasteiger partial charge in [0.1, 0.15) is 0 Å². The molecule has 0 bridgehead atoms.